The highest BCUT2D eigenvalue weighted by atomic mass is 32.2. The summed E-state index contributed by atoms with van der Waals surface area (Å²) in [5, 5.41) is 0. The maximum Gasteiger partial charge on any atom is 0.289 e. The number of hydrogen-bond donors (Lipinski definition) is 0. The van der Waals surface area contributed by atoms with Crippen LogP contribution in [0.5, 0.6) is 0 Å². The third kappa shape index (κ3) is 2.76. The third-order valence-electron chi connectivity index (χ3n) is 3.46. The average molecular weight is 355 g/mol. The number of likely N-dealkylation sites (tertiary alicyclic amines) is 1. The Balaban J connectivity index is 2.14. The molecule has 2 fully saturated rings. The summed E-state index contributed by atoms with van der Waals surface area (Å²) < 4.78 is 89.5. The van der Waals surface area contributed by atoms with Gasteiger partial charge < -0.3 is 0 Å². The first-order valence-electron chi connectivity index (χ1n) is 8.77. The molecule has 0 aliphatic carbocycles. The second-order valence-corrected chi connectivity index (χ2v) is 7.99. The Morgan fingerprint density at radius 3 is 2.09 bits per heavy atom. The van der Waals surface area contributed by atoms with Crippen molar-refractivity contribution in [3.63, 3.8) is 0 Å². The molecule has 0 atom stereocenters. The lowest BCUT2D eigenvalue weighted by molar-refractivity contribution is -0.176. The SMILES string of the molecule is [2H]C1([2H])N(Cc2ccccc2)C([2H])([2H])C(F)(F)C2(SCCCS2)C1(F)F. The van der Waals surface area contributed by atoms with Crippen LogP contribution < -0.4 is 0 Å². The highest BCUT2D eigenvalue weighted by molar-refractivity contribution is 8.19. The molecular formula is C15H17F4NS2. The largest absolute Gasteiger partial charge is 0.289 e. The van der Waals surface area contributed by atoms with Crippen LogP contribution in [0, 0.1) is 0 Å². The summed E-state index contributed by atoms with van der Waals surface area (Å²) in [7, 11) is 0. The topological polar surface area (TPSA) is 3.24 Å². The molecule has 1 spiro atoms. The van der Waals surface area contributed by atoms with Crippen molar-refractivity contribution in [1.29, 1.82) is 0 Å². The van der Waals surface area contributed by atoms with Crippen molar-refractivity contribution < 1.29 is 23.0 Å². The summed E-state index contributed by atoms with van der Waals surface area (Å²) in [6, 6.07) is 7.65. The van der Waals surface area contributed by atoms with E-state index in [-0.39, 0.29) is 45.5 Å². The van der Waals surface area contributed by atoms with Gasteiger partial charge in [-0.05, 0) is 23.5 Å². The van der Waals surface area contributed by atoms with Crippen LogP contribution in [0.15, 0.2) is 30.3 Å². The molecule has 0 aromatic heterocycles. The molecule has 7 heteroatoms. The van der Waals surface area contributed by atoms with Crippen LogP contribution in [0.1, 0.15) is 17.5 Å². The molecule has 0 bridgehead atoms. The standard InChI is InChI=1S/C15H17F4NS2/c16-13(17)10-20(9-12-5-2-1-3-6-12)11-14(18,19)15(13)21-7-4-8-22-15/h1-3,5-6H,4,7-11H2/i10D2,11D2. The zero-order chi connectivity index (χ0) is 19.4. The van der Waals surface area contributed by atoms with Crippen LogP contribution in [0.25, 0.3) is 0 Å². The maximum atomic E-state index is 15.2. The molecule has 1 aromatic rings. The lowest BCUT2D eigenvalue weighted by Crippen LogP contribution is -2.68. The fourth-order valence-electron chi connectivity index (χ4n) is 2.45. The van der Waals surface area contributed by atoms with Crippen LogP contribution in [0.4, 0.5) is 17.6 Å². The molecule has 22 heavy (non-hydrogen) atoms. The van der Waals surface area contributed by atoms with E-state index in [4.69, 9.17) is 5.48 Å². The van der Waals surface area contributed by atoms with E-state index in [1.165, 1.54) is 12.1 Å². The molecule has 0 saturated carbocycles. The molecule has 2 saturated heterocycles. The van der Waals surface area contributed by atoms with Gasteiger partial charge in [0.05, 0.1) is 13.0 Å². The van der Waals surface area contributed by atoms with E-state index < -0.39 is 35.5 Å². The van der Waals surface area contributed by atoms with Crippen molar-refractivity contribution in [3.8, 4) is 0 Å². The molecule has 122 valence electrons. The summed E-state index contributed by atoms with van der Waals surface area (Å²) in [6.45, 7) is -7.88. The Bertz CT molecular complexity index is 639. The van der Waals surface area contributed by atoms with E-state index in [1.807, 2.05) is 0 Å². The van der Waals surface area contributed by atoms with E-state index in [1.54, 1.807) is 18.2 Å². The van der Waals surface area contributed by atoms with Gasteiger partial charge in [-0.25, -0.2) is 17.6 Å². The number of nitrogens with zero attached hydrogens (tertiary/aromatic N) is 1. The Hall–Kier alpha value is -0.400. The fraction of sp³-hybridized carbons (Fsp3) is 0.600. The van der Waals surface area contributed by atoms with Crippen molar-refractivity contribution in [2.45, 2.75) is 28.9 Å². The zero-order valence-electron chi connectivity index (χ0n) is 15.5. The predicted octanol–water partition coefficient (Wildman–Crippen LogP) is 4.34. The van der Waals surface area contributed by atoms with Gasteiger partial charge in [0.15, 0.2) is 4.08 Å². The number of hydrogen-bond acceptors (Lipinski definition) is 3. The molecule has 1 aromatic carbocycles. The molecular weight excluding hydrogens is 334 g/mol. The minimum Gasteiger partial charge on any atom is -0.287 e. The van der Waals surface area contributed by atoms with Crippen LogP contribution in [0.2, 0.25) is 0 Å². The normalized spacial score (nSPS) is 34.2. The molecule has 2 heterocycles. The highest BCUT2D eigenvalue weighted by Gasteiger charge is 2.72. The van der Waals surface area contributed by atoms with E-state index in [0.717, 1.165) is 0 Å². The Morgan fingerprint density at radius 1 is 1.00 bits per heavy atom. The van der Waals surface area contributed by atoms with E-state index >= 15 is 17.6 Å². The van der Waals surface area contributed by atoms with Gasteiger partial charge in [0, 0.05) is 12.0 Å². The van der Waals surface area contributed by atoms with E-state index in [2.05, 4.69) is 0 Å². The smallest absolute Gasteiger partial charge is 0.287 e. The van der Waals surface area contributed by atoms with Crippen LogP contribution >= 0.6 is 23.5 Å². The second-order valence-electron chi connectivity index (χ2n) is 5.11. The van der Waals surface area contributed by atoms with E-state index in [0.29, 0.717) is 6.42 Å². The summed E-state index contributed by atoms with van der Waals surface area (Å²) in [5.74, 6) is -8.94. The number of rotatable bonds is 2. The number of alkyl halides is 4. The van der Waals surface area contributed by atoms with Crippen molar-refractivity contribution in [2.24, 2.45) is 0 Å². The quantitative estimate of drug-likeness (QED) is 0.727. The van der Waals surface area contributed by atoms with E-state index in [9.17, 15) is 0 Å². The lowest BCUT2D eigenvalue weighted by atomic mass is 10.0. The van der Waals surface area contributed by atoms with Crippen LogP contribution in [-0.2, 0) is 6.54 Å². The minimum atomic E-state index is -4.47. The molecule has 2 aliphatic heterocycles. The molecule has 0 unspecified atom stereocenters. The third-order valence-corrected chi connectivity index (χ3v) is 6.99. The molecule has 2 aliphatic rings. The predicted molar refractivity (Wildman–Crippen MR) is 83.9 cm³/mol. The number of halogens is 4. The highest BCUT2D eigenvalue weighted by Crippen LogP contribution is 2.61. The Morgan fingerprint density at radius 2 is 1.55 bits per heavy atom. The maximum absolute atomic E-state index is 15.2. The lowest BCUT2D eigenvalue weighted by Gasteiger charge is -2.52. The Kier molecular flexibility index (Phi) is 3.23. The second kappa shape index (κ2) is 5.91. The van der Waals surface area contributed by atoms with Gasteiger partial charge in [-0.2, -0.15) is 0 Å². The monoisotopic (exact) mass is 355 g/mol. The molecule has 0 N–H and O–H groups in total. The van der Waals surface area contributed by atoms with Gasteiger partial charge >= 0.3 is 0 Å². The van der Waals surface area contributed by atoms with Gasteiger partial charge in [0.1, 0.15) is 0 Å². The first kappa shape index (κ1) is 12.0. The van der Waals surface area contributed by atoms with Gasteiger partial charge in [-0.3, -0.25) is 4.90 Å². The van der Waals surface area contributed by atoms with Crippen LogP contribution in [-0.4, -0.2) is 45.3 Å². The first-order valence-corrected chi connectivity index (χ1v) is 8.74. The van der Waals surface area contributed by atoms with Crippen molar-refractivity contribution in [2.75, 3.05) is 24.5 Å². The number of benzene rings is 1. The van der Waals surface area contributed by atoms with Crippen molar-refractivity contribution >= 4 is 23.5 Å². The Labute approximate surface area is 141 Å². The number of thioether (sulfide) groups is 2. The molecule has 0 radical (unpaired) electrons. The molecule has 0 amide bonds. The fourth-order valence-corrected chi connectivity index (χ4v) is 5.53. The van der Waals surface area contributed by atoms with Crippen molar-refractivity contribution in [3.05, 3.63) is 35.9 Å². The summed E-state index contributed by atoms with van der Waals surface area (Å²) in [4.78, 5) is -0.0314. The molecule has 1 nitrogen and oxygen atoms in total. The minimum absolute atomic E-state index is 0.00300. The summed E-state index contributed by atoms with van der Waals surface area (Å²) >= 11 is 0.539. The number of piperidine rings is 1. The van der Waals surface area contributed by atoms with Gasteiger partial charge in [-0.15, -0.1) is 23.5 Å². The van der Waals surface area contributed by atoms with Gasteiger partial charge in [0.25, 0.3) is 11.8 Å². The summed E-state index contributed by atoms with van der Waals surface area (Å²) in [5.41, 5.74) is 0.270. The zero-order valence-corrected chi connectivity index (χ0v) is 13.1. The summed E-state index contributed by atoms with van der Waals surface area (Å²) in [6.07, 6.45) is 0.434. The van der Waals surface area contributed by atoms with Gasteiger partial charge in [-0.1, -0.05) is 30.3 Å². The first-order chi connectivity index (χ1) is 11.9. The van der Waals surface area contributed by atoms with Gasteiger partial charge in [0.2, 0.25) is 0 Å². The average Bonchev–Trinajstić information content (AvgIpc) is 2.59. The molecule has 3 rings (SSSR count). The van der Waals surface area contributed by atoms with Crippen LogP contribution in [0.3, 0.4) is 0 Å². The van der Waals surface area contributed by atoms with Crippen molar-refractivity contribution in [1.82, 2.24) is 4.90 Å².